The number of para-hydroxylation sites is 1. The number of carbonyl (C=O) groups excluding carboxylic acids is 1. The maximum absolute atomic E-state index is 12.2. The molecule has 0 spiro atoms. The molecule has 30 heavy (non-hydrogen) atoms. The van der Waals surface area contributed by atoms with Gasteiger partial charge in [-0.25, -0.2) is 0 Å². The van der Waals surface area contributed by atoms with E-state index in [-0.39, 0.29) is 18.0 Å². The molecule has 0 fully saturated rings. The van der Waals surface area contributed by atoms with E-state index >= 15 is 0 Å². The Morgan fingerprint density at radius 2 is 1.83 bits per heavy atom. The van der Waals surface area contributed by atoms with Crippen LogP contribution in [0.4, 0.5) is 5.82 Å². The first-order chi connectivity index (χ1) is 14.4. The monoisotopic (exact) mass is 410 g/mol. The van der Waals surface area contributed by atoms with Gasteiger partial charge in [0.15, 0.2) is 0 Å². The van der Waals surface area contributed by atoms with Crippen LogP contribution in [0.25, 0.3) is 16.8 Å². The number of hydrogen-bond donors (Lipinski definition) is 4. The maximum Gasteiger partial charge on any atom is 0.253 e. The van der Waals surface area contributed by atoms with Crippen molar-refractivity contribution in [2.24, 2.45) is 5.73 Å². The summed E-state index contributed by atoms with van der Waals surface area (Å²) < 4.78 is 7.29. The topological polar surface area (TPSA) is 113 Å². The Morgan fingerprint density at radius 3 is 2.40 bits per heavy atom. The zero-order valence-corrected chi connectivity index (χ0v) is 16.9. The zero-order valence-electron chi connectivity index (χ0n) is 16.9. The zero-order chi connectivity index (χ0) is 21.7. The average Bonchev–Trinajstić information content (AvgIpc) is 3.13. The normalized spacial score (nSPS) is 12.0. The lowest BCUT2D eigenvalue weighted by Gasteiger charge is -2.16. The molecule has 0 bridgehead atoms. The first kappa shape index (κ1) is 21.4. The van der Waals surface area contributed by atoms with Crippen LogP contribution in [0.2, 0.25) is 0 Å². The molecule has 8 heteroatoms. The lowest BCUT2D eigenvalue weighted by Crippen LogP contribution is -2.30. The number of amides is 1. The number of anilines is 1. The van der Waals surface area contributed by atoms with Crippen LogP contribution in [0.15, 0.2) is 60.8 Å². The van der Waals surface area contributed by atoms with E-state index in [0.717, 1.165) is 11.3 Å². The van der Waals surface area contributed by atoms with Crippen molar-refractivity contribution < 1.29 is 19.8 Å². The van der Waals surface area contributed by atoms with Gasteiger partial charge < -0.3 is 25.0 Å². The molecule has 1 aromatic heterocycles. The summed E-state index contributed by atoms with van der Waals surface area (Å²) in [6, 6.07) is 16.4. The number of likely N-dealkylation sites (N-methyl/N-ethyl adjacent to an activating group) is 1. The number of nitrogens with two attached hydrogens (primary N) is 1. The highest BCUT2D eigenvalue weighted by Gasteiger charge is 2.22. The SMILES string of the molecule is CN(C)CC(O)COc1ccc(-c2cn(-c3ccccc3)c(NO)c2C(N)=O)cc1. The average molecular weight is 410 g/mol. The number of primary amides is 1. The lowest BCUT2D eigenvalue weighted by molar-refractivity contribution is 0.0831. The number of carbonyl (C=O) groups is 1. The molecule has 0 aliphatic heterocycles. The van der Waals surface area contributed by atoms with Crippen molar-refractivity contribution in [2.45, 2.75) is 6.10 Å². The van der Waals surface area contributed by atoms with Crippen molar-refractivity contribution in [3.63, 3.8) is 0 Å². The quantitative estimate of drug-likeness (QED) is 0.403. The molecule has 1 atom stereocenters. The minimum absolute atomic E-state index is 0.174. The van der Waals surface area contributed by atoms with Crippen molar-refractivity contribution in [1.29, 1.82) is 0 Å². The Balaban J connectivity index is 1.90. The van der Waals surface area contributed by atoms with Crippen LogP contribution < -0.4 is 16.0 Å². The first-order valence-electron chi connectivity index (χ1n) is 9.47. The van der Waals surface area contributed by atoms with Gasteiger partial charge in [-0.1, -0.05) is 30.3 Å². The summed E-state index contributed by atoms with van der Waals surface area (Å²) in [5.74, 6) is 0.124. The molecule has 0 saturated heterocycles. The lowest BCUT2D eigenvalue weighted by atomic mass is 10.0. The van der Waals surface area contributed by atoms with Crippen LogP contribution in [0, 0.1) is 0 Å². The third-order valence-electron chi connectivity index (χ3n) is 4.58. The standard InChI is InChI=1S/C22H26N4O4/c1-25(2)12-17(27)14-30-18-10-8-15(9-11-18)19-13-26(16-6-4-3-5-7-16)22(24-29)20(19)21(23)28/h3-11,13,17,24,27,29H,12,14H2,1-2H3,(H2,23,28). The van der Waals surface area contributed by atoms with Gasteiger partial charge in [-0.2, -0.15) is 0 Å². The largest absolute Gasteiger partial charge is 0.491 e. The van der Waals surface area contributed by atoms with Gasteiger partial charge in [-0.3, -0.25) is 15.5 Å². The van der Waals surface area contributed by atoms with Gasteiger partial charge in [0, 0.05) is 24.0 Å². The second-order valence-corrected chi connectivity index (χ2v) is 7.20. The molecular weight excluding hydrogens is 384 g/mol. The van der Waals surface area contributed by atoms with Crippen LogP contribution in [-0.4, -0.2) is 59.0 Å². The Morgan fingerprint density at radius 1 is 1.17 bits per heavy atom. The van der Waals surface area contributed by atoms with E-state index in [1.54, 1.807) is 35.0 Å². The second-order valence-electron chi connectivity index (χ2n) is 7.20. The third-order valence-corrected chi connectivity index (χ3v) is 4.58. The highest BCUT2D eigenvalue weighted by atomic mass is 16.5. The van der Waals surface area contributed by atoms with Crippen molar-refractivity contribution in [1.82, 2.24) is 9.47 Å². The molecule has 0 aliphatic carbocycles. The summed E-state index contributed by atoms with van der Waals surface area (Å²) in [6.45, 7) is 0.678. The van der Waals surface area contributed by atoms with Crippen molar-refractivity contribution in [2.75, 3.05) is 32.7 Å². The van der Waals surface area contributed by atoms with E-state index in [4.69, 9.17) is 10.5 Å². The van der Waals surface area contributed by atoms with Crippen LogP contribution in [0.1, 0.15) is 10.4 Å². The van der Waals surface area contributed by atoms with E-state index in [1.165, 1.54) is 0 Å². The number of nitrogens with zero attached hydrogens (tertiary/aromatic N) is 2. The molecule has 1 amide bonds. The van der Waals surface area contributed by atoms with Crippen LogP contribution in [0.3, 0.4) is 0 Å². The van der Waals surface area contributed by atoms with E-state index in [0.29, 0.717) is 17.9 Å². The number of nitrogens with one attached hydrogen (secondary N) is 1. The van der Waals surface area contributed by atoms with Crippen LogP contribution >= 0.6 is 0 Å². The Bertz CT molecular complexity index is 984. The molecule has 8 nitrogen and oxygen atoms in total. The molecule has 2 aromatic carbocycles. The van der Waals surface area contributed by atoms with Gasteiger partial charge in [0.1, 0.15) is 24.3 Å². The molecular formula is C22H26N4O4. The summed E-state index contributed by atoms with van der Waals surface area (Å²) in [4.78, 5) is 14.0. The van der Waals surface area contributed by atoms with Gasteiger partial charge in [0.2, 0.25) is 0 Å². The molecule has 1 heterocycles. The molecule has 5 N–H and O–H groups in total. The van der Waals surface area contributed by atoms with Crippen LogP contribution in [-0.2, 0) is 0 Å². The summed E-state index contributed by atoms with van der Waals surface area (Å²) in [6.07, 6.45) is 1.14. The second kappa shape index (κ2) is 9.45. The maximum atomic E-state index is 12.2. The molecule has 0 aliphatic rings. The predicted octanol–water partition coefficient (Wildman–Crippen LogP) is 2.35. The molecule has 3 rings (SSSR count). The third kappa shape index (κ3) is 4.80. The van der Waals surface area contributed by atoms with E-state index in [9.17, 15) is 15.1 Å². The Labute approximate surface area is 175 Å². The van der Waals surface area contributed by atoms with Gasteiger partial charge in [0.05, 0.1) is 5.56 Å². The summed E-state index contributed by atoms with van der Waals surface area (Å²) in [7, 11) is 3.76. The number of hydrogen-bond acceptors (Lipinski definition) is 6. The summed E-state index contributed by atoms with van der Waals surface area (Å²) >= 11 is 0. The van der Waals surface area contributed by atoms with Gasteiger partial charge >= 0.3 is 0 Å². The first-order valence-corrected chi connectivity index (χ1v) is 9.47. The highest BCUT2D eigenvalue weighted by molar-refractivity contribution is 6.05. The molecule has 1 unspecified atom stereocenters. The highest BCUT2D eigenvalue weighted by Crippen LogP contribution is 2.34. The number of benzene rings is 2. The number of ether oxygens (including phenoxy) is 1. The van der Waals surface area contributed by atoms with Crippen molar-refractivity contribution in [3.05, 3.63) is 66.4 Å². The van der Waals surface area contributed by atoms with E-state index < -0.39 is 12.0 Å². The van der Waals surface area contributed by atoms with Gasteiger partial charge in [-0.15, -0.1) is 0 Å². The Hall–Kier alpha value is -3.33. The summed E-state index contributed by atoms with van der Waals surface area (Å²) in [5.41, 5.74) is 9.95. The van der Waals surface area contributed by atoms with Gasteiger partial charge in [0.25, 0.3) is 5.91 Å². The fourth-order valence-corrected chi connectivity index (χ4v) is 3.27. The number of aromatic nitrogens is 1. The minimum atomic E-state index is -0.664. The smallest absolute Gasteiger partial charge is 0.253 e. The van der Waals surface area contributed by atoms with Gasteiger partial charge in [-0.05, 0) is 43.9 Å². The molecule has 0 saturated carbocycles. The molecule has 3 aromatic rings. The number of aliphatic hydroxyl groups is 1. The van der Waals surface area contributed by atoms with E-state index in [2.05, 4.69) is 5.48 Å². The Kier molecular flexibility index (Phi) is 6.73. The molecule has 0 radical (unpaired) electrons. The fourth-order valence-electron chi connectivity index (χ4n) is 3.27. The van der Waals surface area contributed by atoms with Crippen molar-refractivity contribution in [3.8, 4) is 22.6 Å². The molecule has 158 valence electrons. The number of aliphatic hydroxyl groups excluding tert-OH is 1. The van der Waals surface area contributed by atoms with Crippen LogP contribution in [0.5, 0.6) is 5.75 Å². The predicted molar refractivity (Wildman–Crippen MR) is 115 cm³/mol. The van der Waals surface area contributed by atoms with Crippen molar-refractivity contribution >= 4 is 11.7 Å². The number of rotatable bonds is 9. The van der Waals surface area contributed by atoms with E-state index in [1.807, 2.05) is 49.3 Å². The fraction of sp³-hybridized carbons (Fsp3) is 0.227. The summed E-state index contributed by atoms with van der Waals surface area (Å²) in [5, 5.41) is 19.6. The minimum Gasteiger partial charge on any atom is -0.491 e.